The van der Waals surface area contributed by atoms with E-state index in [2.05, 4.69) is 0 Å². The van der Waals surface area contributed by atoms with Crippen LogP contribution in [-0.4, -0.2) is 0 Å². The minimum absolute atomic E-state index is 0.218. The molecular weight excluding hydrogens is 191 g/mol. The molecule has 1 atom stereocenters. The second kappa shape index (κ2) is 3.61. The van der Waals surface area contributed by atoms with Crippen molar-refractivity contribution in [2.45, 2.75) is 26.1 Å². The summed E-state index contributed by atoms with van der Waals surface area (Å²) < 4.78 is 37.4. The van der Waals surface area contributed by atoms with Crippen LogP contribution in [0.25, 0.3) is 0 Å². The maximum atomic E-state index is 12.5. The van der Waals surface area contributed by atoms with Crippen molar-refractivity contribution in [2.75, 3.05) is 0 Å². The highest BCUT2D eigenvalue weighted by Crippen LogP contribution is 2.33. The minimum Gasteiger partial charge on any atom is -0.324 e. The predicted molar refractivity (Wildman–Crippen MR) is 48.8 cm³/mol. The zero-order valence-electron chi connectivity index (χ0n) is 8.02. The van der Waals surface area contributed by atoms with E-state index < -0.39 is 11.7 Å². The molecule has 1 aromatic carbocycles. The summed E-state index contributed by atoms with van der Waals surface area (Å²) in [5, 5.41) is 0. The fraction of sp³-hybridized carbons (Fsp3) is 0.400. The molecule has 78 valence electrons. The zero-order chi connectivity index (χ0) is 10.9. The lowest BCUT2D eigenvalue weighted by Gasteiger charge is -2.15. The Labute approximate surface area is 80.7 Å². The number of nitrogens with two attached hydrogens (primary N) is 1. The van der Waals surface area contributed by atoms with Crippen molar-refractivity contribution in [1.29, 1.82) is 0 Å². The molecule has 0 saturated carbocycles. The lowest BCUT2D eigenvalue weighted by atomic mass is 9.98. The van der Waals surface area contributed by atoms with Crippen LogP contribution in [-0.2, 0) is 6.18 Å². The summed E-state index contributed by atoms with van der Waals surface area (Å²) in [5.74, 6) is 0. The van der Waals surface area contributed by atoms with Crippen molar-refractivity contribution in [2.24, 2.45) is 5.73 Å². The molecule has 0 unspecified atom stereocenters. The van der Waals surface area contributed by atoms with Crippen molar-refractivity contribution >= 4 is 0 Å². The van der Waals surface area contributed by atoms with Gasteiger partial charge in [0.1, 0.15) is 0 Å². The van der Waals surface area contributed by atoms with Crippen LogP contribution >= 0.6 is 0 Å². The van der Waals surface area contributed by atoms with Gasteiger partial charge in [0.25, 0.3) is 0 Å². The number of halogens is 3. The zero-order valence-corrected chi connectivity index (χ0v) is 8.02. The first-order valence-corrected chi connectivity index (χ1v) is 4.26. The summed E-state index contributed by atoms with van der Waals surface area (Å²) in [4.78, 5) is 0. The van der Waals surface area contributed by atoms with E-state index in [1.54, 1.807) is 13.0 Å². The van der Waals surface area contributed by atoms with Gasteiger partial charge in [-0.15, -0.1) is 0 Å². The van der Waals surface area contributed by atoms with Crippen LogP contribution in [0.5, 0.6) is 0 Å². The van der Waals surface area contributed by atoms with Gasteiger partial charge in [-0.3, -0.25) is 0 Å². The quantitative estimate of drug-likeness (QED) is 0.745. The lowest BCUT2D eigenvalue weighted by Crippen LogP contribution is -2.13. The van der Waals surface area contributed by atoms with Gasteiger partial charge in [-0.2, -0.15) is 13.2 Å². The molecule has 0 bridgehead atoms. The SMILES string of the molecule is Cc1c([C@@H](C)N)cccc1C(F)(F)F. The van der Waals surface area contributed by atoms with Gasteiger partial charge >= 0.3 is 6.18 Å². The number of hydrogen-bond acceptors (Lipinski definition) is 1. The molecule has 1 rings (SSSR count). The summed E-state index contributed by atoms with van der Waals surface area (Å²) in [5.41, 5.74) is 5.71. The summed E-state index contributed by atoms with van der Waals surface area (Å²) >= 11 is 0. The number of alkyl halides is 3. The second-order valence-electron chi connectivity index (χ2n) is 3.31. The largest absolute Gasteiger partial charge is 0.416 e. The molecule has 14 heavy (non-hydrogen) atoms. The molecule has 0 aliphatic heterocycles. The Morgan fingerprint density at radius 3 is 2.29 bits per heavy atom. The smallest absolute Gasteiger partial charge is 0.324 e. The Kier molecular flexibility index (Phi) is 2.85. The Hall–Kier alpha value is -1.03. The molecule has 0 aliphatic carbocycles. The van der Waals surface area contributed by atoms with Crippen molar-refractivity contribution in [3.63, 3.8) is 0 Å². The van der Waals surface area contributed by atoms with E-state index in [0.717, 1.165) is 6.07 Å². The maximum Gasteiger partial charge on any atom is 0.416 e. The fourth-order valence-electron chi connectivity index (χ4n) is 1.45. The molecule has 0 heterocycles. The molecule has 1 aromatic rings. The predicted octanol–water partition coefficient (Wildman–Crippen LogP) is 3.03. The lowest BCUT2D eigenvalue weighted by molar-refractivity contribution is -0.138. The number of benzene rings is 1. The van der Waals surface area contributed by atoms with Gasteiger partial charge in [0, 0.05) is 6.04 Å². The van der Waals surface area contributed by atoms with E-state index in [1.807, 2.05) is 0 Å². The molecular formula is C10H12F3N. The van der Waals surface area contributed by atoms with E-state index in [-0.39, 0.29) is 11.6 Å². The van der Waals surface area contributed by atoms with Crippen molar-refractivity contribution < 1.29 is 13.2 Å². The van der Waals surface area contributed by atoms with Gasteiger partial charge in [0.15, 0.2) is 0 Å². The van der Waals surface area contributed by atoms with Crippen LogP contribution in [0.1, 0.15) is 29.7 Å². The van der Waals surface area contributed by atoms with Gasteiger partial charge in [-0.25, -0.2) is 0 Å². The third-order valence-corrected chi connectivity index (χ3v) is 2.17. The molecule has 4 heteroatoms. The van der Waals surface area contributed by atoms with Gasteiger partial charge in [0.2, 0.25) is 0 Å². The van der Waals surface area contributed by atoms with Crippen LogP contribution in [0, 0.1) is 6.92 Å². The first-order valence-electron chi connectivity index (χ1n) is 4.26. The van der Waals surface area contributed by atoms with Gasteiger partial charge in [0.05, 0.1) is 5.56 Å². The number of hydrogen-bond donors (Lipinski definition) is 1. The standard InChI is InChI=1S/C10H12F3N/c1-6-8(7(2)14)4-3-5-9(6)10(11,12)13/h3-5,7H,14H2,1-2H3/t7-/m1/s1. The molecule has 0 amide bonds. The normalized spacial score (nSPS) is 14.1. The van der Waals surface area contributed by atoms with Crippen LogP contribution in [0.4, 0.5) is 13.2 Å². The van der Waals surface area contributed by atoms with Crippen LogP contribution in [0.2, 0.25) is 0 Å². The topological polar surface area (TPSA) is 26.0 Å². The van der Waals surface area contributed by atoms with Crippen LogP contribution in [0.3, 0.4) is 0 Å². The Bertz CT molecular complexity index is 329. The first-order chi connectivity index (χ1) is 6.34. The monoisotopic (exact) mass is 203 g/mol. The molecule has 1 nitrogen and oxygen atoms in total. The minimum atomic E-state index is -4.30. The number of rotatable bonds is 1. The Morgan fingerprint density at radius 2 is 1.86 bits per heavy atom. The summed E-state index contributed by atoms with van der Waals surface area (Å²) in [7, 11) is 0. The fourth-order valence-corrected chi connectivity index (χ4v) is 1.45. The molecule has 2 N–H and O–H groups in total. The highest BCUT2D eigenvalue weighted by molar-refractivity contribution is 5.37. The molecule has 0 aromatic heterocycles. The summed E-state index contributed by atoms with van der Waals surface area (Å²) in [6.45, 7) is 3.12. The molecule has 0 saturated heterocycles. The maximum absolute atomic E-state index is 12.5. The second-order valence-corrected chi connectivity index (χ2v) is 3.31. The van der Waals surface area contributed by atoms with Crippen LogP contribution < -0.4 is 5.73 Å². The highest BCUT2D eigenvalue weighted by Gasteiger charge is 2.32. The van der Waals surface area contributed by atoms with E-state index in [0.29, 0.717) is 5.56 Å². The van der Waals surface area contributed by atoms with E-state index in [9.17, 15) is 13.2 Å². The molecule has 0 spiro atoms. The van der Waals surface area contributed by atoms with Crippen molar-refractivity contribution in [3.8, 4) is 0 Å². The van der Waals surface area contributed by atoms with Crippen LogP contribution in [0.15, 0.2) is 18.2 Å². The van der Waals surface area contributed by atoms with Gasteiger partial charge in [-0.1, -0.05) is 12.1 Å². The third kappa shape index (κ3) is 2.07. The van der Waals surface area contributed by atoms with Crippen molar-refractivity contribution in [3.05, 3.63) is 34.9 Å². The Balaban J connectivity index is 3.28. The average Bonchev–Trinajstić information content (AvgIpc) is 2.01. The molecule has 0 radical (unpaired) electrons. The van der Waals surface area contributed by atoms with Gasteiger partial charge in [-0.05, 0) is 31.0 Å². The highest BCUT2D eigenvalue weighted by atomic mass is 19.4. The van der Waals surface area contributed by atoms with E-state index in [1.165, 1.54) is 13.0 Å². The average molecular weight is 203 g/mol. The Morgan fingerprint density at radius 1 is 1.29 bits per heavy atom. The molecule has 0 aliphatic rings. The van der Waals surface area contributed by atoms with Gasteiger partial charge < -0.3 is 5.73 Å². The third-order valence-electron chi connectivity index (χ3n) is 2.17. The van der Waals surface area contributed by atoms with E-state index >= 15 is 0 Å². The summed E-state index contributed by atoms with van der Waals surface area (Å²) in [6, 6.07) is 3.70. The summed E-state index contributed by atoms with van der Waals surface area (Å²) in [6.07, 6.45) is -4.30. The first kappa shape index (κ1) is 11.0. The molecule has 0 fully saturated rings. The van der Waals surface area contributed by atoms with E-state index in [4.69, 9.17) is 5.73 Å². The van der Waals surface area contributed by atoms with Crippen molar-refractivity contribution in [1.82, 2.24) is 0 Å².